The van der Waals surface area contributed by atoms with E-state index in [1.807, 2.05) is 0 Å². The van der Waals surface area contributed by atoms with E-state index in [9.17, 15) is 34.8 Å². The van der Waals surface area contributed by atoms with Crippen LogP contribution < -0.4 is 0 Å². The number of carbonyl (C=O) groups excluding carboxylic acids is 1. The lowest BCUT2D eigenvalue weighted by Crippen LogP contribution is -2.54. The molecular formula is C13H18O8. The molecule has 0 saturated heterocycles. The molecule has 0 amide bonds. The molecule has 2 saturated carbocycles. The van der Waals surface area contributed by atoms with Crippen LogP contribution in [0.1, 0.15) is 13.3 Å². The Hall–Kier alpha value is -1.67. The number of carboxylic acids is 2. The SMILES string of the molecule is COC(=O)CC1C2C(O)C(O)C1C(C)(C(=O)O)C2C(=O)O. The molecule has 0 radical (unpaired) electrons. The Morgan fingerprint density at radius 1 is 1.14 bits per heavy atom. The molecule has 0 heterocycles. The zero-order chi connectivity index (χ0) is 16.1. The van der Waals surface area contributed by atoms with Gasteiger partial charge >= 0.3 is 17.9 Å². The van der Waals surface area contributed by atoms with Crippen molar-refractivity contribution in [2.45, 2.75) is 25.6 Å². The van der Waals surface area contributed by atoms with Gasteiger partial charge in [0.2, 0.25) is 0 Å². The van der Waals surface area contributed by atoms with Crippen LogP contribution in [0.4, 0.5) is 0 Å². The molecule has 4 N–H and O–H groups in total. The molecule has 8 nitrogen and oxygen atoms in total. The molecule has 0 aliphatic heterocycles. The van der Waals surface area contributed by atoms with E-state index in [1.165, 1.54) is 6.92 Å². The molecule has 0 aromatic rings. The number of aliphatic hydroxyl groups is 2. The van der Waals surface area contributed by atoms with E-state index in [4.69, 9.17) is 0 Å². The number of hydrogen-bond donors (Lipinski definition) is 4. The van der Waals surface area contributed by atoms with Gasteiger partial charge < -0.3 is 25.2 Å². The molecular weight excluding hydrogens is 284 g/mol. The number of fused-ring (bicyclic) bond motifs is 2. The van der Waals surface area contributed by atoms with Gasteiger partial charge in [-0.3, -0.25) is 14.4 Å². The number of aliphatic hydroxyl groups excluding tert-OH is 2. The van der Waals surface area contributed by atoms with E-state index in [1.54, 1.807) is 0 Å². The maximum atomic E-state index is 11.6. The number of hydrogen-bond acceptors (Lipinski definition) is 6. The second-order valence-electron chi connectivity index (χ2n) is 5.93. The molecule has 7 atom stereocenters. The maximum Gasteiger partial charge on any atom is 0.310 e. The fraction of sp³-hybridized carbons (Fsp3) is 0.769. The van der Waals surface area contributed by atoms with Gasteiger partial charge in [0, 0.05) is 18.3 Å². The van der Waals surface area contributed by atoms with Crippen molar-refractivity contribution in [3.05, 3.63) is 0 Å². The maximum absolute atomic E-state index is 11.6. The average molecular weight is 302 g/mol. The normalized spacial score (nSPS) is 44.6. The second kappa shape index (κ2) is 4.96. The second-order valence-corrected chi connectivity index (χ2v) is 5.93. The largest absolute Gasteiger partial charge is 0.481 e. The molecule has 2 fully saturated rings. The molecule has 8 heteroatoms. The third kappa shape index (κ3) is 1.93. The van der Waals surface area contributed by atoms with Crippen LogP contribution in [0, 0.1) is 29.1 Å². The standard InChI is InChI=1S/C13H18O8/c1-13(12(19)20)7-4(3-5(14)21-2)6(8(13)11(17)18)9(15)10(7)16/h4,6-10,15-16H,3H2,1-2H3,(H,17,18)(H,19,20). The Bertz CT molecular complexity index is 489. The number of aliphatic carboxylic acids is 2. The van der Waals surface area contributed by atoms with Crippen LogP contribution in [0.5, 0.6) is 0 Å². The van der Waals surface area contributed by atoms with Crippen molar-refractivity contribution in [3.63, 3.8) is 0 Å². The molecule has 0 spiro atoms. The van der Waals surface area contributed by atoms with Gasteiger partial charge in [0.25, 0.3) is 0 Å². The van der Waals surface area contributed by atoms with Crippen molar-refractivity contribution in [1.82, 2.24) is 0 Å². The molecule has 0 aromatic heterocycles. The highest BCUT2D eigenvalue weighted by Gasteiger charge is 2.73. The predicted octanol–water partition coefficient (Wildman–Crippen LogP) is -1.06. The summed E-state index contributed by atoms with van der Waals surface area (Å²) in [6, 6.07) is 0. The molecule has 0 aromatic carbocycles. The fourth-order valence-corrected chi connectivity index (χ4v) is 4.27. The van der Waals surface area contributed by atoms with Crippen molar-refractivity contribution in [1.29, 1.82) is 0 Å². The lowest BCUT2D eigenvalue weighted by Gasteiger charge is -2.39. The van der Waals surface area contributed by atoms with Gasteiger partial charge in [-0.1, -0.05) is 0 Å². The van der Waals surface area contributed by atoms with Crippen LogP contribution in [0.15, 0.2) is 0 Å². The van der Waals surface area contributed by atoms with E-state index >= 15 is 0 Å². The van der Waals surface area contributed by atoms with Crippen molar-refractivity contribution in [2.24, 2.45) is 29.1 Å². The molecule has 118 valence electrons. The topological polar surface area (TPSA) is 141 Å². The van der Waals surface area contributed by atoms with E-state index in [0.717, 1.165) is 7.11 Å². The average Bonchev–Trinajstić information content (AvgIpc) is 2.78. The summed E-state index contributed by atoms with van der Waals surface area (Å²) in [7, 11) is 1.16. The monoisotopic (exact) mass is 302 g/mol. The summed E-state index contributed by atoms with van der Waals surface area (Å²) in [4.78, 5) is 34.6. The number of carbonyl (C=O) groups is 3. The van der Waals surface area contributed by atoms with E-state index in [2.05, 4.69) is 4.74 Å². The van der Waals surface area contributed by atoms with Gasteiger partial charge in [-0.15, -0.1) is 0 Å². The summed E-state index contributed by atoms with van der Waals surface area (Å²) < 4.78 is 4.53. The van der Waals surface area contributed by atoms with E-state index in [0.29, 0.717) is 0 Å². The van der Waals surface area contributed by atoms with E-state index in [-0.39, 0.29) is 6.42 Å². The highest BCUT2D eigenvalue weighted by Crippen LogP contribution is 2.63. The number of rotatable bonds is 4. The molecule has 21 heavy (non-hydrogen) atoms. The summed E-state index contributed by atoms with van der Waals surface area (Å²) in [6.07, 6.45) is -2.97. The highest BCUT2D eigenvalue weighted by atomic mass is 16.5. The minimum absolute atomic E-state index is 0.230. The smallest absolute Gasteiger partial charge is 0.310 e. The molecule has 2 aliphatic carbocycles. The van der Waals surface area contributed by atoms with Gasteiger partial charge in [0.15, 0.2) is 0 Å². The fourth-order valence-electron chi connectivity index (χ4n) is 4.27. The number of methoxy groups -OCH3 is 1. The minimum Gasteiger partial charge on any atom is -0.481 e. The third-order valence-corrected chi connectivity index (χ3v) is 5.15. The van der Waals surface area contributed by atoms with Gasteiger partial charge in [-0.05, 0) is 12.8 Å². The Balaban J connectivity index is 2.49. The first-order chi connectivity index (χ1) is 9.67. The Morgan fingerprint density at radius 3 is 2.14 bits per heavy atom. The van der Waals surface area contributed by atoms with Crippen LogP contribution in [-0.2, 0) is 19.1 Å². The van der Waals surface area contributed by atoms with Crippen LogP contribution in [-0.4, -0.2) is 57.7 Å². The first-order valence-corrected chi connectivity index (χ1v) is 6.57. The zero-order valence-electron chi connectivity index (χ0n) is 11.6. The zero-order valence-corrected chi connectivity index (χ0v) is 11.6. The third-order valence-electron chi connectivity index (χ3n) is 5.15. The van der Waals surface area contributed by atoms with Crippen molar-refractivity contribution >= 4 is 17.9 Å². The van der Waals surface area contributed by atoms with Gasteiger partial charge in [-0.2, -0.15) is 0 Å². The van der Waals surface area contributed by atoms with Crippen LogP contribution in [0.25, 0.3) is 0 Å². The lowest BCUT2D eigenvalue weighted by molar-refractivity contribution is -0.176. The summed E-state index contributed by atoms with van der Waals surface area (Å²) in [6.45, 7) is 1.25. The summed E-state index contributed by atoms with van der Waals surface area (Å²) in [5, 5.41) is 38.9. The summed E-state index contributed by atoms with van der Waals surface area (Å²) in [5.74, 6) is -7.47. The molecule has 7 unspecified atom stereocenters. The predicted molar refractivity (Wildman–Crippen MR) is 66.0 cm³/mol. The Labute approximate surface area is 120 Å². The minimum atomic E-state index is -1.74. The van der Waals surface area contributed by atoms with Gasteiger partial charge in [0.1, 0.15) is 0 Å². The Morgan fingerprint density at radius 2 is 1.71 bits per heavy atom. The lowest BCUT2D eigenvalue weighted by atomic mass is 9.65. The number of carboxylic acid groups (broad SMARTS) is 2. The number of esters is 1. The first kappa shape index (κ1) is 15.7. The van der Waals surface area contributed by atoms with Crippen LogP contribution in [0.3, 0.4) is 0 Å². The van der Waals surface area contributed by atoms with Crippen LogP contribution >= 0.6 is 0 Å². The Kier molecular flexibility index (Phi) is 3.71. The number of ether oxygens (including phenoxy) is 1. The molecule has 2 bridgehead atoms. The van der Waals surface area contributed by atoms with Crippen LogP contribution in [0.2, 0.25) is 0 Å². The first-order valence-electron chi connectivity index (χ1n) is 6.57. The molecule has 2 aliphatic rings. The van der Waals surface area contributed by atoms with Gasteiger partial charge in [-0.25, -0.2) is 0 Å². The van der Waals surface area contributed by atoms with E-state index < -0.39 is 59.2 Å². The van der Waals surface area contributed by atoms with Crippen molar-refractivity contribution in [3.8, 4) is 0 Å². The molecule has 2 rings (SSSR count). The highest BCUT2D eigenvalue weighted by molar-refractivity contribution is 5.86. The van der Waals surface area contributed by atoms with Crippen molar-refractivity contribution in [2.75, 3.05) is 7.11 Å². The summed E-state index contributed by atoms with van der Waals surface area (Å²) in [5.41, 5.74) is -1.74. The summed E-state index contributed by atoms with van der Waals surface area (Å²) >= 11 is 0. The van der Waals surface area contributed by atoms with Gasteiger partial charge in [0.05, 0.1) is 30.7 Å². The quantitative estimate of drug-likeness (QED) is 0.481. The van der Waals surface area contributed by atoms with Crippen molar-refractivity contribution < 1.29 is 39.5 Å².